The highest BCUT2D eigenvalue weighted by molar-refractivity contribution is 7.91. The molecule has 0 spiro atoms. The number of amides is 2. The van der Waals surface area contributed by atoms with E-state index < -0.39 is 15.8 Å². The summed E-state index contributed by atoms with van der Waals surface area (Å²) in [5.41, 5.74) is 0. The third-order valence-corrected chi connectivity index (χ3v) is 7.79. The maximum atomic E-state index is 12.8. The van der Waals surface area contributed by atoms with Crippen LogP contribution >= 0.6 is 22.9 Å². The van der Waals surface area contributed by atoms with E-state index in [4.69, 9.17) is 11.6 Å². The molecule has 9 heteroatoms. The predicted octanol–water partition coefficient (Wildman–Crippen LogP) is 1.79. The van der Waals surface area contributed by atoms with Crippen molar-refractivity contribution < 1.29 is 18.0 Å². The van der Waals surface area contributed by atoms with Crippen molar-refractivity contribution in [2.24, 2.45) is 5.92 Å². The van der Waals surface area contributed by atoms with Gasteiger partial charge in [0, 0.05) is 30.4 Å². The van der Waals surface area contributed by atoms with E-state index in [1.807, 2.05) is 13.0 Å². The summed E-state index contributed by atoms with van der Waals surface area (Å²) in [5.74, 6) is -0.420. The molecule has 3 rings (SSSR count). The van der Waals surface area contributed by atoms with E-state index in [1.54, 1.807) is 15.9 Å². The summed E-state index contributed by atoms with van der Waals surface area (Å²) in [7, 11) is -3.05. The van der Waals surface area contributed by atoms with Gasteiger partial charge in [0.15, 0.2) is 9.84 Å². The molecule has 0 aliphatic carbocycles. The molecule has 2 atom stereocenters. The SMILES string of the molecule is CCN(Cc1ccc(Cl)s1)C(=O)C1CC(=O)N(C2CCS(=O)(=O)C2)C1. The maximum Gasteiger partial charge on any atom is 0.228 e. The molecule has 0 saturated carbocycles. The van der Waals surface area contributed by atoms with Crippen LogP contribution < -0.4 is 0 Å². The molecule has 0 N–H and O–H groups in total. The van der Waals surface area contributed by atoms with Crippen LogP contribution in [-0.4, -0.2) is 60.7 Å². The van der Waals surface area contributed by atoms with Crippen molar-refractivity contribution in [2.45, 2.75) is 32.4 Å². The van der Waals surface area contributed by atoms with Gasteiger partial charge in [-0.1, -0.05) is 11.6 Å². The van der Waals surface area contributed by atoms with Crippen LogP contribution in [0.4, 0.5) is 0 Å². The maximum absolute atomic E-state index is 12.8. The smallest absolute Gasteiger partial charge is 0.228 e. The first-order chi connectivity index (χ1) is 11.8. The van der Waals surface area contributed by atoms with Crippen molar-refractivity contribution in [3.8, 4) is 0 Å². The van der Waals surface area contributed by atoms with E-state index in [9.17, 15) is 18.0 Å². The molecular weight excluding hydrogens is 384 g/mol. The Bertz CT molecular complexity index is 777. The summed E-state index contributed by atoms with van der Waals surface area (Å²) in [6.45, 7) is 3.26. The normalized spacial score (nSPS) is 25.5. The quantitative estimate of drug-likeness (QED) is 0.749. The number of hydrogen-bond donors (Lipinski definition) is 0. The summed E-state index contributed by atoms with van der Waals surface area (Å²) in [4.78, 5) is 29.5. The van der Waals surface area contributed by atoms with Gasteiger partial charge in [0.05, 0.1) is 28.3 Å². The predicted molar refractivity (Wildman–Crippen MR) is 97.3 cm³/mol. The van der Waals surface area contributed by atoms with E-state index in [0.29, 0.717) is 30.4 Å². The highest BCUT2D eigenvalue weighted by Crippen LogP contribution is 2.28. The first-order valence-corrected chi connectivity index (χ1v) is 11.3. The summed E-state index contributed by atoms with van der Waals surface area (Å²) in [6, 6.07) is 3.43. The minimum absolute atomic E-state index is 0.0187. The van der Waals surface area contributed by atoms with Crippen molar-refractivity contribution >= 4 is 44.6 Å². The van der Waals surface area contributed by atoms with Crippen molar-refractivity contribution in [3.05, 3.63) is 21.3 Å². The fourth-order valence-corrected chi connectivity index (χ4v) is 6.33. The van der Waals surface area contributed by atoms with Gasteiger partial charge in [-0.15, -0.1) is 11.3 Å². The third kappa shape index (κ3) is 4.17. The monoisotopic (exact) mass is 404 g/mol. The number of carbonyl (C=O) groups is 2. The van der Waals surface area contributed by atoms with Gasteiger partial charge in [-0.05, 0) is 25.5 Å². The van der Waals surface area contributed by atoms with Crippen molar-refractivity contribution in [1.82, 2.24) is 9.80 Å². The van der Waals surface area contributed by atoms with E-state index >= 15 is 0 Å². The van der Waals surface area contributed by atoms with Crippen LogP contribution in [0.5, 0.6) is 0 Å². The largest absolute Gasteiger partial charge is 0.338 e. The molecule has 2 aliphatic heterocycles. The third-order valence-electron chi connectivity index (χ3n) is 4.83. The van der Waals surface area contributed by atoms with Gasteiger partial charge in [0.2, 0.25) is 11.8 Å². The molecule has 1 aromatic heterocycles. The molecule has 2 fully saturated rings. The molecule has 0 aromatic carbocycles. The van der Waals surface area contributed by atoms with Crippen molar-refractivity contribution in [2.75, 3.05) is 24.6 Å². The number of carbonyl (C=O) groups excluding carboxylic acids is 2. The van der Waals surface area contributed by atoms with Crippen LogP contribution in [-0.2, 0) is 26.0 Å². The average Bonchev–Trinajstić information content (AvgIpc) is 3.23. The Hall–Kier alpha value is -1.12. The second kappa shape index (κ2) is 7.25. The molecular formula is C16H21ClN2O4S2. The molecule has 2 aliphatic rings. The lowest BCUT2D eigenvalue weighted by atomic mass is 10.1. The molecule has 138 valence electrons. The molecule has 6 nitrogen and oxygen atoms in total. The molecule has 2 unspecified atom stereocenters. The van der Waals surface area contributed by atoms with Gasteiger partial charge >= 0.3 is 0 Å². The Morgan fingerprint density at radius 2 is 2.20 bits per heavy atom. The van der Waals surface area contributed by atoms with Gasteiger partial charge in [-0.25, -0.2) is 8.42 Å². The average molecular weight is 405 g/mol. The van der Waals surface area contributed by atoms with Crippen LogP contribution in [0.15, 0.2) is 12.1 Å². The lowest BCUT2D eigenvalue weighted by Crippen LogP contribution is -2.40. The lowest BCUT2D eigenvalue weighted by Gasteiger charge is -2.25. The van der Waals surface area contributed by atoms with Crippen LogP contribution in [0, 0.1) is 5.92 Å². The fraction of sp³-hybridized carbons (Fsp3) is 0.625. The minimum Gasteiger partial charge on any atom is -0.338 e. The van der Waals surface area contributed by atoms with E-state index in [2.05, 4.69) is 0 Å². The molecule has 1 aromatic rings. The second-order valence-corrected chi connectivity index (χ2v) is 10.6. The minimum atomic E-state index is -3.05. The van der Waals surface area contributed by atoms with Crippen LogP contribution in [0.25, 0.3) is 0 Å². The van der Waals surface area contributed by atoms with Gasteiger partial charge in [-0.2, -0.15) is 0 Å². The van der Waals surface area contributed by atoms with Gasteiger partial charge in [-0.3, -0.25) is 9.59 Å². The summed E-state index contributed by atoms with van der Waals surface area (Å²) in [5, 5.41) is 0. The molecule has 25 heavy (non-hydrogen) atoms. The van der Waals surface area contributed by atoms with Crippen LogP contribution in [0.3, 0.4) is 0 Å². The highest BCUT2D eigenvalue weighted by Gasteiger charge is 2.42. The van der Waals surface area contributed by atoms with Crippen molar-refractivity contribution in [1.29, 1.82) is 0 Å². The number of likely N-dealkylation sites (tertiary alicyclic amines) is 1. The van der Waals surface area contributed by atoms with E-state index in [1.165, 1.54) is 11.3 Å². The molecule has 2 saturated heterocycles. The zero-order valence-corrected chi connectivity index (χ0v) is 16.4. The number of rotatable bonds is 5. The number of halogens is 1. The molecule has 2 amide bonds. The second-order valence-electron chi connectivity index (χ2n) is 6.56. The van der Waals surface area contributed by atoms with Gasteiger partial charge in [0.1, 0.15) is 0 Å². The van der Waals surface area contributed by atoms with Crippen LogP contribution in [0.1, 0.15) is 24.6 Å². The van der Waals surface area contributed by atoms with Crippen LogP contribution in [0.2, 0.25) is 4.34 Å². The summed E-state index contributed by atoms with van der Waals surface area (Å²) in [6.07, 6.45) is 0.636. The summed E-state index contributed by atoms with van der Waals surface area (Å²) >= 11 is 7.38. The van der Waals surface area contributed by atoms with Gasteiger partial charge in [0.25, 0.3) is 0 Å². The lowest BCUT2D eigenvalue weighted by molar-refractivity contribution is -0.136. The highest BCUT2D eigenvalue weighted by atomic mass is 35.5. The Kier molecular flexibility index (Phi) is 5.41. The Labute approximate surface area is 156 Å². The Morgan fingerprint density at radius 3 is 2.76 bits per heavy atom. The summed E-state index contributed by atoms with van der Waals surface area (Å²) < 4.78 is 24.0. The molecule has 0 radical (unpaired) electrons. The first kappa shape index (κ1) is 18.7. The van der Waals surface area contributed by atoms with E-state index in [-0.39, 0.29) is 35.8 Å². The number of nitrogens with zero attached hydrogens (tertiary/aromatic N) is 2. The zero-order valence-electron chi connectivity index (χ0n) is 14.0. The number of sulfone groups is 1. The number of hydrogen-bond acceptors (Lipinski definition) is 5. The molecule has 3 heterocycles. The Morgan fingerprint density at radius 1 is 1.44 bits per heavy atom. The standard InChI is InChI=1S/C16H21ClN2O4S2/c1-2-18(9-13-3-4-14(17)24-13)16(21)11-7-15(20)19(8-11)12-5-6-25(22,23)10-12/h3-4,11-12H,2,5-10H2,1H3. The zero-order chi connectivity index (χ0) is 18.2. The van der Waals surface area contributed by atoms with Crippen molar-refractivity contribution in [3.63, 3.8) is 0 Å². The first-order valence-electron chi connectivity index (χ1n) is 8.32. The number of thiophene rings is 1. The topological polar surface area (TPSA) is 74.8 Å². The Balaban J connectivity index is 1.65. The van der Waals surface area contributed by atoms with Gasteiger partial charge < -0.3 is 9.80 Å². The van der Waals surface area contributed by atoms with E-state index in [0.717, 1.165) is 4.88 Å². The fourth-order valence-electron chi connectivity index (χ4n) is 3.50. The molecule has 0 bridgehead atoms.